The van der Waals surface area contributed by atoms with Gasteiger partial charge >= 0.3 is 5.97 Å². The van der Waals surface area contributed by atoms with Gasteiger partial charge in [-0.15, -0.1) is 0 Å². The molecule has 0 aromatic rings. The highest BCUT2D eigenvalue weighted by molar-refractivity contribution is 5.78. The van der Waals surface area contributed by atoms with E-state index in [4.69, 9.17) is 4.74 Å². The van der Waals surface area contributed by atoms with E-state index in [1.807, 2.05) is 0 Å². The number of hydrogen-bond acceptors (Lipinski definition) is 3. The van der Waals surface area contributed by atoms with Gasteiger partial charge in [-0.2, -0.15) is 0 Å². The molecule has 0 aromatic heterocycles. The van der Waals surface area contributed by atoms with Gasteiger partial charge < -0.3 is 10.1 Å². The predicted octanol–water partition coefficient (Wildman–Crippen LogP) is 2.17. The summed E-state index contributed by atoms with van der Waals surface area (Å²) in [5.41, 5.74) is 0. The lowest BCUT2D eigenvalue weighted by Crippen LogP contribution is -2.30. The normalized spacial score (nSPS) is 19.1. The highest BCUT2D eigenvalue weighted by Crippen LogP contribution is 2.09. The number of carbonyl (C=O) groups is 2. The Bertz CT molecular complexity index is 253. The third-order valence-corrected chi connectivity index (χ3v) is 3.01. The number of rotatable bonds is 8. The molecule has 0 radical (unpaired) electrons. The Morgan fingerprint density at radius 1 is 1.35 bits per heavy atom. The Labute approximate surface area is 103 Å². The Hall–Kier alpha value is -1.06. The van der Waals surface area contributed by atoms with Gasteiger partial charge in [0, 0.05) is 12.8 Å². The van der Waals surface area contributed by atoms with Gasteiger partial charge in [0.15, 0.2) is 0 Å². The quantitative estimate of drug-likeness (QED) is 0.523. The largest absolute Gasteiger partial charge is 0.463 e. The molecule has 1 heterocycles. The van der Waals surface area contributed by atoms with Gasteiger partial charge in [0.05, 0.1) is 6.04 Å². The van der Waals surface area contributed by atoms with Gasteiger partial charge in [-0.3, -0.25) is 9.59 Å². The molecule has 0 aromatic carbocycles. The van der Waals surface area contributed by atoms with Crippen LogP contribution in [-0.2, 0) is 14.3 Å². The van der Waals surface area contributed by atoms with E-state index in [0.29, 0.717) is 19.4 Å². The SMILES string of the molecule is CCCCCCCC(=O)OC[C@H]1CCC(=O)N1. The minimum atomic E-state index is -0.136. The summed E-state index contributed by atoms with van der Waals surface area (Å²) >= 11 is 0. The Balaban J connectivity index is 1.96. The lowest BCUT2D eigenvalue weighted by atomic mass is 10.1. The molecule has 17 heavy (non-hydrogen) atoms. The summed E-state index contributed by atoms with van der Waals surface area (Å²) in [5, 5.41) is 2.78. The average Bonchev–Trinajstić information content (AvgIpc) is 2.72. The lowest BCUT2D eigenvalue weighted by Gasteiger charge is -2.10. The van der Waals surface area contributed by atoms with Crippen LogP contribution in [0.15, 0.2) is 0 Å². The van der Waals surface area contributed by atoms with Crippen LogP contribution in [0.25, 0.3) is 0 Å². The summed E-state index contributed by atoms with van der Waals surface area (Å²) < 4.78 is 5.13. The van der Waals surface area contributed by atoms with E-state index >= 15 is 0 Å². The van der Waals surface area contributed by atoms with Crippen LogP contribution in [-0.4, -0.2) is 24.5 Å². The Morgan fingerprint density at radius 3 is 2.76 bits per heavy atom. The molecule has 98 valence electrons. The van der Waals surface area contributed by atoms with Crippen LogP contribution < -0.4 is 5.32 Å². The van der Waals surface area contributed by atoms with Gasteiger partial charge in [0.1, 0.15) is 6.61 Å². The first-order chi connectivity index (χ1) is 8.22. The summed E-state index contributed by atoms with van der Waals surface area (Å²) in [7, 11) is 0. The van der Waals surface area contributed by atoms with Crippen LogP contribution in [0.5, 0.6) is 0 Å². The minimum absolute atomic E-state index is 0.0338. The molecule has 1 atom stereocenters. The fourth-order valence-electron chi connectivity index (χ4n) is 1.94. The van der Waals surface area contributed by atoms with E-state index in [-0.39, 0.29) is 17.9 Å². The van der Waals surface area contributed by atoms with Crippen LogP contribution in [0.2, 0.25) is 0 Å². The highest BCUT2D eigenvalue weighted by atomic mass is 16.5. The van der Waals surface area contributed by atoms with Gasteiger partial charge in [-0.05, 0) is 12.8 Å². The second-order valence-electron chi connectivity index (χ2n) is 4.65. The Kier molecular flexibility index (Phi) is 6.67. The van der Waals surface area contributed by atoms with Gasteiger partial charge in [-0.25, -0.2) is 0 Å². The van der Waals surface area contributed by atoms with Gasteiger partial charge in [0.25, 0.3) is 0 Å². The van der Waals surface area contributed by atoms with Crippen molar-refractivity contribution in [3.8, 4) is 0 Å². The number of nitrogens with one attached hydrogen (secondary N) is 1. The van der Waals surface area contributed by atoms with Crippen molar-refractivity contribution in [3.63, 3.8) is 0 Å². The van der Waals surface area contributed by atoms with Crippen LogP contribution in [0, 0.1) is 0 Å². The predicted molar refractivity (Wildman–Crippen MR) is 65.5 cm³/mol. The molecule has 1 aliphatic rings. The second kappa shape index (κ2) is 8.09. The molecule has 0 saturated carbocycles. The van der Waals surface area contributed by atoms with Crippen molar-refractivity contribution in [3.05, 3.63) is 0 Å². The zero-order valence-corrected chi connectivity index (χ0v) is 10.7. The van der Waals surface area contributed by atoms with Gasteiger partial charge in [0.2, 0.25) is 5.91 Å². The third-order valence-electron chi connectivity index (χ3n) is 3.01. The standard InChI is InChI=1S/C13H23NO3/c1-2-3-4-5-6-7-13(16)17-10-11-8-9-12(15)14-11/h11H,2-10H2,1H3,(H,14,15)/t11-/m1/s1. The molecule has 1 aliphatic heterocycles. The van der Waals surface area contributed by atoms with E-state index in [9.17, 15) is 9.59 Å². The monoisotopic (exact) mass is 241 g/mol. The van der Waals surface area contributed by atoms with Crippen LogP contribution in [0.4, 0.5) is 0 Å². The second-order valence-corrected chi connectivity index (χ2v) is 4.65. The van der Waals surface area contributed by atoms with Crippen molar-refractivity contribution in [1.82, 2.24) is 5.32 Å². The summed E-state index contributed by atoms with van der Waals surface area (Å²) in [4.78, 5) is 22.3. The molecule has 4 heteroatoms. The number of ether oxygens (including phenoxy) is 1. The molecule has 1 amide bonds. The number of amides is 1. The van der Waals surface area contributed by atoms with Crippen molar-refractivity contribution >= 4 is 11.9 Å². The average molecular weight is 241 g/mol. The fourth-order valence-corrected chi connectivity index (χ4v) is 1.94. The van der Waals surface area contributed by atoms with E-state index in [1.54, 1.807) is 0 Å². The minimum Gasteiger partial charge on any atom is -0.463 e. The molecule has 1 rings (SSSR count). The summed E-state index contributed by atoms with van der Waals surface area (Å²) in [6, 6.07) is 0.0338. The lowest BCUT2D eigenvalue weighted by molar-refractivity contribution is -0.144. The Morgan fingerprint density at radius 2 is 2.12 bits per heavy atom. The third kappa shape index (κ3) is 6.29. The summed E-state index contributed by atoms with van der Waals surface area (Å²) in [5.74, 6) is -0.0757. The first kappa shape index (κ1) is 14.0. The first-order valence-electron chi connectivity index (χ1n) is 6.67. The maximum absolute atomic E-state index is 11.4. The number of hydrogen-bond donors (Lipinski definition) is 1. The molecule has 1 fully saturated rings. The van der Waals surface area contributed by atoms with Crippen molar-refractivity contribution in [2.75, 3.05) is 6.61 Å². The van der Waals surface area contributed by atoms with Crippen molar-refractivity contribution in [1.29, 1.82) is 0 Å². The van der Waals surface area contributed by atoms with Crippen LogP contribution in [0.1, 0.15) is 58.3 Å². The molecule has 0 unspecified atom stereocenters. The molecule has 1 saturated heterocycles. The van der Waals surface area contributed by atoms with Crippen molar-refractivity contribution in [2.24, 2.45) is 0 Å². The van der Waals surface area contributed by atoms with E-state index in [2.05, 4.69) is 12.2 Å². The molecular weight excluding hydrogens is 218 g/mol. The van der Waals surface area contributed by atoms with Crippen molar-refractivity contribution < 1.29 is 14.3 Å². The molecule has 0 bridgehead atoms. The number of carbonyl (C=O) groups excluding carboxylic acids is 2. The van der Waals surface area contributed by atoms with Gasteiger partial charge in [-0.1, -0.05) is 32.6 Å². The maximum Gasteiger partial charge on any atom is 0.305 e. The highest BCUT2D eigenvalue weighted by Gasteiger charge is 2.21. The summed E-state index contributed by atoms with van der Waals surface area (Å²) in [6.45, 7) is 2.50. The molecule has 0 spiro atoms. The zero-order chi connectivity index (χ0) is 12.5. The smallest absolute Gasteiger partial charge is 0.305 e. The molecule has 4 nitrogen and oxygen atoms in total. The number of unbranched alkanes of at least 4 members (excludes halogenated alkanes) is 4. The first-order valence-corrected chi connectivity index (χ1v) is 6.67. The van der Waals surface area contributed by atoms with E-state index < -0.39 is 0 Å². The molecule has 1 N–H and O–H groups in total. The van der Waals surface area contributed by atoms with E-state index in [0.717, 1.165) is 19.3 Å². The molecular formula is C13H23NO3. The maximum atomic E-state index is 11.4. The van der Waals surface area contributed by atoms with E-state index in [1.165, 1.54) is 19.3 Å². The number of esters is 1. The zero-order valence-electron chi connectivity index (χ0n) is 10.7. The van der Waals surface area contributed by atoms with Crippen LogP contribution in [0.3, 0.4) is 0 Å². The fraction of sp³-hybridized carbons (Fsp3) is 0.846. The van der Waals surface area contributed by atoms with Crippen LogP contribution >= 0.6 is 0 Å². The summed E-state index contributed by atoms with van der Waals surface area (Å²) in [6.07, 6.45) is 7.50. The molecule has 0 aliphatic carbocycles. The van der Waals surface area contributed by atoms with Crippen molar-refractivity contribution in [2.45, 2.75) is 64.3 Å². The topological polar surface area (TPSA) is 55.4 Å².